The van der Waals surface area contributed by atoms with Gasteiger partial charge in [-0.25, -0.2) is 13.2 Å². The third kappa shape index (κ3) is 5.63. The van der Waals surface area contributed by atoms with Gasteiger partial charge in [0.05, 0.1) is 17.1 Å². The van der Waals surface area contributed by atoms with Crippen LogP contribution in [0.4, 0.5) is 0 Å². The zero-order valence-corrected chi connectivity index (χ0v) is 17.4. The number of carbonyl (C=O) groups is 1. The summed E-state index contributed by atoms with van der Waals surface area (Å²) >= 11 is 5.38. The Morgan fingerprint density at radius 2 is 1.78 bits per heavy atom. The van der Waals surface area contributed by atoms with Crippen LogP contribution in [0.5, 0.6) is 0 Å². The van der Waals surface area contributed by atoms with Gasteiger partial charge in [-0.3, -0.25) is 0 Å². The van der Waals surface area contributed by atoms with Crippen molar-refractivity contribution < 1.29 is 17.9 Å². The molecule has 0 radical (unpaired) electrons. The summed E-state index contributed by atoms with van der Waals surface area (Å²) in [5.74, 6) is -0.459. The number of benzene rings is 1. The van der Waals surface area contributed by atoms with E-state index in [1.807, 2.05) is 4.90 Å². The summed E-state index contributed by atoms with van der Waals surface area (Å²) in [4.78, 5) is 13.9. The molecular formula is C18H27N3O4S2. The first kappa shape index (κ1) is 21.6. The molecule has 1 fully saturated rings. The fraction of sp³-hybridized carbons (Fsp3) is 0.556. The van der Waals surface area contributed by atoms with Crippen LogP contribution in [-0.2, 0) is 14.8 Å². The number of piperazine rings is 1. The summed E-state index contributed by atoms with van der Waals surface area (Å²) in [5.41, 5.74) is 0.337. The molecule has 0 aromatic heterocycles. The molecule has 1 aliphatic heterocycles. The number of nitrogens with zero attached hydrogens (tertiary/aromatic N) is 2. The maximum Gasteiger partial charge on any atom is 0.338 e. The molecule has 1 N–H and O–H groups in total. The van der Waals surface area contributed by atoms with Crippen LogP contribution in [0.3, 0.4) is 0 Å². The lowest BCUT2D eigenvalue weighted by Crippen LogP contribution is -2.53. The number of unbranched alkanes of at least 4 members (excludes halogenated alkanes) is 1. The zero-order chi connectivity index (χ0) is 19.9. The van der Waals surface area contributed by atoms with E-state index in [2.05, 4.69) is 12.2 Å². The Morgan fingerprint density at radius 3 is 2.33 bits per heavy atom. The fourth-order valence-electron chi connectivity index (χ4n) is 2.74. The van der Waals surface area contributed by atoms with Crippen molar-refractivity contribution in [2.24, 2.45) is 0 Å². The van der Waals surface area contributed by atoms with Gasteiger partial charge in [0.25, 0.3) is 0 Å². The lowest BCUT2D eigenvalue weighted by molar-refractivity contribution is 0.0526. The lowest BCUT2D eigenvalue weighted by Gasteiger charge is -2.35. The Balaban J connectivity index is 1.96. The second-order valence-electron chi connectivity index (χ2n) is 6.22. The Bertz CT molecular complexity index is 742. The fourth-order valence-corrected chi connectivity index (χ4v) is 4.45. The molecule has 7 nitrogen and oxygen atoms in total. The predicted octanol–water partition coefficient (Wildman–Crippen LogP) is 1.84. The Labute approximate surface area is 166 Å². The molecule has 0 unspecified atom stereocenters. The van der Waals surface area contributed by atoms with Gasteiger partial charge in [-0.15, -0.1) is 0 Å². The number of thiocarbonyl (C=S) groups is 1. The van der Waals surface area contributed by atoms with Crippen molar-refractivity contribution in [2.45, 2.75) is 31.6 Å². The zero-order valence-electron chi connectivity index (χ0n) is 15.8. The van der Waals surface area contributed by atoms with Gasteiger partial charge in [0.2, 0.25) is 10.0 Å². The van der Waals surface area contributed by atoms with E-state index in [-0.39, 0.29) is 11.5 Å². The quantitative estimate of drug-likeness (QED) is 0.415. The summed E-state index contributed by atoms with van der Waals surface area (Å²) < 4.78 is 32.0. The van der Waals surface area contributed by atoms with Crippen molar-refractivity contribution in [3.8, 4) is 0 Å². The predicted molar refractivity (Wildman–Crippen MR) is 108 cm³/mol. The van der Waals surface area contributed by atoms with E-state index in [1.54, 1.807) is 6.92 Å². The van der Waals surface area contributed by atoms with E-state index in [1.165, 1.54) is 28.6 Å². The van der Waals surface area contributed by atoms with Crippen LogP contribution in [0, 0.1) is 0 Å². The maximum atomic E-state index is 12.8. The molecule has 1 heterocycles. The van der Waals surface area contributed by atoms with Crippen molar-refractivity contribution in [3.63, 3.8) is 0 Å². The van der Waals surface area contributed by atoms with Crippen LogP contribution in [0.1, 0.15) is 37.0 Å². The van der Waals surface area contributed by atoms with E-state index < -0.39 is 16.0 Å². The Kier molecular flexibility index (Phi) is 8.00. The van der Waals surface area contributed by atoms with E-state index in [4.69, 9.17) is 17.0 Å². The monoisotopic (exact) mass is 413 g/mol. The molecule has 1 saturated heterocycles. The standard InChI is InChI=1S/C18H27N3O4S2/c1-3-5-10-19-18(26)20-11-13-21(14-12-20)27(23,24)16-8-6-15(7-9-16)17(22)25-4-2/h6-9H,3-5,10-14H2,1-2H3,(H,19,26). The number of carbonyl (C=O) groups excluding carboxylic acids is 1. The summed E-state index contributed by atoms with van der Waals surface area (Å²) in [5, 5.41) is 3.89. The van der Waals surface area contributed by atoms with Crippen LogP contribution < -0.4 is 5.32 Å². The van der Waals surface area contributed by atoms with E-state index in [0.717, 1.165) is 19.4 Å². The maximum absolute atomic E-state index is 12.8. The highest BCUT2D eigenvalue weighted by atomic mass is 32.2. The largest absolute Gasteiger partial charge is 0.462 e. The molecule has 9 heteroatoms. The van der Waals surface area contributed by atoms with E-state index in [9.17, 15) is 13.2 Å². The number of nitrogens with one attached hydrogen (secondary N) is 1. The van der Waals surface area contributed by atoms with Crippen molar-refractivity contribution in [1.29, 1.82) is 0 Å². The first-order valence-corrected chi connectivity index (χ1v) is 11.0. The highest BCUT2D eigenvalue weighted by Gasteiger charge is 2.29. The normalized spacial score (nSPS) is 15.4. The smallest absolute Gasteiger partial charge is 0.338 e. The van der Waals surface area contributed by atoms with Crippen LogP contribution >= 0.6 is 12.2 Å². The minimum atomic E-state index is -3.60. The molecule has 1 aliphatic rings. The summed E-state index contributed by atoms with van der Waals surface area (Å²) in [7, 11) is -3.60. The molecule has 0 amide bonds. The Hall–Kier alpha value is -1.71. The summed E-state index contributed by atoms with van der Waals surface area (Å²) in [6, 6.07) is 5.86. The first-order chi connectivity index (χ1) is 12.9. The summed E-state index contributed by atoms with van der Waals surface area (Å²) in [6.07, 6.45) is 2.15. The topological polar surface area (TPSA) is 79.0 Å². The van der Waals surface area contributed by atoms with Gasteiger partial charge in [-0.05, 0) is 49.8 Å². The number of hydrogen-bond acceptors (Lipinski definition) is 5. The minimum Gasteiger partial charge on any atom is -0.462 e. The van der Waals surface area contributed by atoms with Crippen LogP contribution in [0.2, 0.25) is 0 Å². The molecule has 150 valence electrons. The number of sulfonamides is 1. The average Bonchev–Trinajstić information content (AvgIpc) is 2.68. The van der Waals surface area contributed by atoms with Gasteiger partial charge in [0.1, 0.15) is 0 Å². The summed E-state index contributed by atoms with van der Waals surface area (Å²) in [6.45, 7) is 6.80. The third-order valence-electron chi connectivity index (χ3n) is 4.34. The second-order valence-corrected chi connectivity index (χ2v) is 8.55. The number of ether oxygens (including phenoxy) is 1. The van der Waals surface area contributed by atoms with E-state index in [0.29, 0.717) is 36.9 Å². The van der Waals surface area contributed by atoms with Crippen molar-refractivity contribution in [1.82, 2.24) is 14.5 Å². The van der Waals surface area contributed by atoms with Gasteiger partial charge in [0.15, 0.2) is 5.11 Å². The van der Waals surface area contributed by atoms with Gasteiger partial charge >= 0.3 is 5.97 Å². The molecule has 0 spiro atoms. The Morgan fingerprint density at radius 1 is 1.15 bits per heavy atom. The van der Waals surface area contributed by atoms with Gasteiger partial charge in [0, 0.05) is 32.7 Å². The SMILES string of the molecule is CCCCNC(=S)N1CCN(S(=O)(=O)c2ccc(C(=O)OCC)cc2)CC1. The van der Waals surface area contributed by atoms with E-state index >= 15 is 0 Å². The van der Waals surface area contributed by atoms with Crippen LogP contribution in [-0.4, -0.2) is 68.0 Å². The number of hydrogen-bond donors (Lipinski definition) is 1. The highest BCUT2D eigenvalue weighted by molar-refractivity contribution is 7.89. The van der Waals surface area contributed by atoms with Gasteiger partial charge in [-0.2, -0.15) is 4.31 Å². The molecular weight excluding hydrogens is 386 g/mol. The average molecular weight is 414 g/mol. The molecule has 1 aromatic rings. The molecule has 0 aliphatic carbocycles. The van der Waals surface area contributed by atoms with Crippen LogP contribution in [0.25, 0.3) is 0 Å². The van der Waals surface area contributed by atoms with Crippen molar-refractivity contribution in [2.75, 3.05) is 39.3 Å². The molecule has 0 atom stereocenters. The first-order valence-electron chi connectivity index (χ1n) is 9.20. The molecule has 2 rings (SSSR count). The van der Waals surface area contributed by atoms with Crippen LogP contribution in [0.15, 0.2) is 29.2 Å². The molecule has 0 saturated carbocycles. The molecule has 1 aromatic carbocycles. The lowest BCUT2D eigenvalue weighted by atomic mass is 10.2. The minimum absolute atomic E-state index is 0.174. The van der Waals surface area contributed by atoms with Gasteiger partial charge in [-0.1, -0.05) is 13.3 Å². The number of rotatable bonds is 7. The highest BCUT2D eigenvalue weighted by Crippen LogP contribution is 2.18. The van der Waals surface area contributed by atoms with Crippen molar-refractivity contribution >= 4 is 33.3 Å². The van der Waals surface area contributed by atoms with Crippen molar-refractivity contribution in [3.05, 3.63) is 29.8 Å². The second kappa shape index (κ2) is 10.0. The molecule has 0 bridgehead atoms. The molecule has 27 heavy (non-hydrogen) atoms. The third-order valence-corrected chi connectivity index (χ3v) is 6.65. The number of esters is 1. The van der Waals surface area contributed by atoms with Gasteiger partial charge < -0.3 is 15.0 Å².